The Morgan fingerprint density at radius 3 is 2.55 bits per heavy atom. The third kappa shape index (κ3) is 5.36. The molecule has 168 valence electrons. The number of imidazole rings is 1. The van der Waals surface area contributed by atoms with E-state index in [9.17, 15) is 13.2 Å². The molecule has 7 nitrogen and oxygen atoms in total. The van der Waals surface area contributed by atoms with Crippen molar-refractivity contribution in [2.45, 2.75) is 12.3 Å². The van der Waals surface area contributed by atoms with Crippen LogP contribution in [0, 0.1) is 0 Å². The van der Waals surface area contributed by atoms with Gasteiger partial charge < -0.3 is 11.1 Å². The van der Waals surface area contributed by atoms with E-state index < -0.39 is 9.84 Å². The number of sulfone groups is 1. The molecule has 0 bridgehead atoms. The van der Waals surface area contributed by atoms with E-state index in [1.807, 2.05) is 60.7 Å². The highest BCUT2D eigenvalue weighted by Gasteiger charge is 2.16. The molecule has 4 aromatic rings. The molecular weight excluding hydrogens is 436 g/mol. The maximum Gasteiger partial charge on any atom is 0.274 e. The molecule has 0 atom stereocenters. The summed E-state index contributed by atoms with van der Waals surface area (Å²) in [5, 5.41) is 2.87. The fraction of sp³-hybridized carbons (Fsp3) is 0.120. The van der Waals surface area contributed by atoms with E-state index in [2.05, 4.69) is 10.3 Å². The molecule has 0 saturated heterocycles. The zero-order chi connectivity index (χ0) is 23.4. The number of nitrogens with zero attached hydrogens (tertiary/aromatic N) is 2. The van der Waals surface area contributed by atoms with Crippen molar-refractivity contribution in [3.8, 4) is 16.8 Å². The molecule has 1 amide bonds. The standard InChI is InChI=1S/C25H24N4O3S/c1-33(31,32)16-20-13-21(10-11-23(20)19-7-3-2-4-8-19)28-25(30)24-15-27-17-29(24)22-9-5-6-18(12-22)14-26/h2-13,15,17H,14,16,26H2,1H3,(H,28,30). The number of anilines is 1. The third-order valence-corrected chi connectivity index (χ3v) is 6.00. The Morgan fingerprint density at radius 1 is 1.03 bits per heavy atom. The van der Waals surface area contributed by atoms with Crippen LogP contribution in [0.1, 0.15) is 21.6 Å². The second kappa shape index (κ2) is 9.40. The van der Waals surface area contributed by atoms with Gasteiger partial charge in [0.2, 0.25) is 0 Å². The Hall–Kier alpha value is -3.75. The number of nitrogens with one attached hydrogen (secondary N) is 1. The number of benzene rings is 3. The molecule has 1 aromatic heterocycles. The molecule has 1 heterocycles. The second-order valence-electron chi connectivity index (χ2n) is 7.79. The number of hydrogen-bond acceptors (Lipinski definition) is 5. The van der Waals surface area contributed by atoms with Crippen LogP contribution in [0.25, 0.3) is 16.8 Å². The molecule has 0 aliphatic carbocycles. The van der Waals surface area contributed by atoms with E-state index in [0.717, 1.165) is 22.4 Å². The van der Waals surface area contributed by atoms with Crippen molar-refractivity contribution >= 4 is 21.4 Å². The average molecular weight is 461 g/mol. The van der Waals surface area contributed by atoms with Crippen LogP contribution in [0.15, 0.2) is 85.3 Å². The van der Waals surface area contributed by atoms with Crippen LogP contribution in [0.5, 0.6) is 0 Å². The van der Waals surface area contributed by atoms with Gasteiger partial charge >= 0.3 is 0 Å². The number of carbonyl (C=O) groups is 1. The smallest absolute Gasteiger partial charge is 0.274 e. The SMILES string of the molecule is CS(=O)(=O)Cc1cc(NC(=O)c2cncn2-c2cccc(CN)c2)ccc1-c1ccccc1. The van der Waals surface area contributed by atoms with Crippen LogP contribution in [-0.2, 0) is 22.1 Å². The first-order valence-corrected chi connectivity index (χ1v) is 12.4. The van der Waals surface area contributed by atoms with Gasteiger partial charge in [0.05, 0.1) is 18.3 Å². The molecule has 0 spiro atoms. The minimum atomic E-state index is -3.28. The first kappa shape index (κ1) is 22.4. The summed E-state index contributed by atoms with van der Waals surface area (Å²) >= 11 is 0. The topological polar surface area (TPSA) is 107 Å². The second-order valence-corrected chi connectivity index (χ2v) is 9.93. The summed E-state index contributed by atoms with van der Waals surface area (Å²) in [6.07, 6.45) is 4.25. The fourth-order valence-corrected chi connectivity index (χ4v) is 4.47. The average Bonchev–Trinajstić information content (AvgIpc) is 3.29. The summed E-state index contributed by atoms with van der Waals surface area (Å²) in [5.41, 5.74) is 10.6. The zero-order valence-corrected chi connectivity index (χ0v) is 18.9. The molecule has 3 aromatic carbocycles. The van der Waals surface area contributed by atoms with Gasteiger partial charge in [-0.05, 0) is 46.5 Å². The third-order valence-electron chi connectivity index (χ3n) is 5.16. The summed E-state index contributed by atoms with van der Waals surface area (Å²) in [4.78, 5) is 17.2. The van der Waals surface area contributed by atoms with E-state index in [1.165, 1.54) is 12.5 Å². The number of rotatable bonds is 7. The van der Waals surface area contributed by atoms with Crippen molar-refractivity contribution in [2.24, 2.45) is 5.73 Å². The van der Waals surface area contributed by atoms with Crippen LogP contribution < -0.4 is 11.1 Å². The monoisotopic (exact) mass is 460 g/mol. The van der Waals surface area contributed by atoms with E-state index in [0.29, 0.717) is 23.5 Å². The molecule has 0 radical (unpaired) electrons. The maximum absolute atomic E-state index is 13.1. The van der Waals surface area contributed by atoms with Crippen molar-refractivity contribution in [1.29, 1.82) is 0 Å². The number of nitrogens with two attached hydrogens (primary N) is 1. The largest absolute Gasteiger partial charge is 0.326 e. The number of amides is 1. The predicted molar refractivity (Wildman–Crippen MR) is 130 cm³/mol. The summed E-state index contributed by atoms with van der Waals surface area (Å²) in [7, 11) is -3.28. The summed E-state index contributed by atoms with van der Waals surface area (Å²) in [6, 6.07) is 22.4. The molecule has 0 saturated carbocycles. The fourth-order valence-electron chi connectivity index (χ4n) is 3.67. The molecule has 0 unspecified atom stereocenters. The van der Waals surface area contributed by atoms with Gasteiger partial charge in [0.1, 0.15) is 5.69 Å². The van der Waals surface area contributed by atoms with E-state index in [-0.39, 0.29) is 11.7 Å². The van der Waals surface area contributed by atoms with Gasteiger partial charge in [0.15, 0.2) is 9.84 Å². The molecule has 33 heavy (non-hydrogen) atoms. The van der Waals surface area contributed by atoms with Crippen molar-refractivity contribution in [3.05, 3.63) is 102 Å². The highest BCUT2D eigenvalue weighted by molar-refractivity contribution is 7.89. The summed E-state index contributed by atoms with van der Waals surface area (Å²) in [5.74, 6) is -0.492. The summed E-state index contributed by atoms with van der Waals surface area (Å²) in [6.45, 7) is 0.390. The van der Waals surface area contributed by atoms with E-state index in [1.54, 1.807) is 23.0 Å². The minimum Gasteiger partial charge on any atom is -0.326 e. The van der Waals surface area contributed by atoms with Crippen LogP contribution in [0.4, 0.5) is 5.69 Å². The Kier molecular flexibility index (Phi) is 6.39. The van der Waals surface area contributed by atoms with Gasteiger partial charge in [-0.2, -0.15) is 0 Å². The normalized spacial score (nSPS) is 11.3. The van der Waals surface area contributed by atoms with E-state index in [4.69, 9.17) is 5.73 Å². The number of aromatic nitrogens is 2. The lowest BCUT2D eigenvalue weighted by Gasteiger charge is -2.13. The van der Waals surface area contributed by atoms with Gasteiger partial charge in [-0.25, -0.2) is 13.4 Å². The van der Waals surface area contributed by atoms with E-state index >= 15 is 0 Å². The molecule has 0 aliphatic heterocycles. The van der Waals surface area contributed by atoms with Gasteiger partial charge in [-0.3, -0.25) is 9.36 Å². The first-order valence-electron chi connectivity index (χ1n) is 10.3. The molecule has 3 N–H and O–H groups in total. The van der Waals surface area contributed by atoms with Crippen molar-refractivity contribution in [2.75, 3.05) is 11.6 Å². The Balaban J connectivity index is 1.65. The predicted octanol–water partition coefficient (Wildman–Crippen LogP) is 3.79. The highest BCUT2D eigenvalue weighted by Crippen LogP contribution is 2.28. The van der Waals surface area contributed by atoms with Crippen molar-refractivity contribution < 1.29 is 13.2 Å². The molecule has 8 heteroatoms. The molecule has 4 rings (SSSR count). The highest BCUT2D eigenvalue weighted by atomic mass is 32.2. The van der Waals surface area contributed by atoms with Crippen molar-refractivity contribution in [3.63, 3.8) is 0 Å². The van der Waals surface area contributed by atoms with Crippen LogP contribution in [-0.4, -0.2) is 30.1 Å². The Labute approximate surface area is 192 Å². The lowest BCUT2D eigenvalue weighted by Crippen LogP contribution is -2.16. The van der Waals surface area contributed by atoms with Gasteiger partial charge in [0.25, 0.3) is 5.91 Å². The lowest BCUT2D eigenvalue weighted by molar-refractivity contribution is 0.102. The molecule has 0 fully saturated rings. The zero-order valence-electron chi connectivity index (χ0n) is 18.1. The van der Waals surface area contributed by atoms with Gasteiger partial charge in [-0.1, -0.05) is 48.5 Å². The minimum absolute atomic E-state index is 0.134. The Morgan fingerprint density at radius 2 is 1.82 bits per heavy atom. The van der Waals surface area contributed by atoms with Crippen LogP contribution in [0.2, 0.25) is 0 Å². The molecule has 0 aliphatic rings. The first-order chi connectivity index (χ1) is 15.8. The number of hydrogen-bond donors (Lipinski definition) is 2. The van der Waals surface area contributed by atoms with Crippen molar-refractivity contribution in [1.82, 2.24) is 9.55 Å². The molecular formula is C25H24N4O3S. The summed E-state index contributed by atoms with van der Waals surface area (Å²) < 4.78 is 25.8. The van der Waals surface area contributed by atoms with Crippen LogP contribution >= 0.6 is 0 Å². The van der Waals surface area contributed by atoms with Crippen LogP contribution in [0.3, 0.4) is 0 Å². The number of carbonyl (C=O) groups excluding carboxylic acids is 1. The van der Waals surface area contributed by atoms with Gasteiger partial charge in [0, 0.05) is 24.2 Å². The lowest BCUT2D eigenvalue weighted by atomic mass is 10.00. The van der Waals surface area contributed by atoms with Gasteiger partial charge in [-0.15, -0.1) is 0 Å². The quantitative estimate of drug-likeness (QED) is 0.436. The maximum atomic E-state index is 13.1. The Bertz CT molecular complexity index is 1400.